The molecule has 1 aromatic carbocycles. The molecule has 0 saturated heterocycles. The molecular formula is C17H22N2O2. The summed E-state index contributed by atoms with van der Waals surface area (Å²) in [4.78, 5) is 16.8. The number of carbonyl (C=O) groups excluding carboxylic acids is 1. The number of nitrogens with one attached hydrogen (secondary N) is 1. The average Bonchev–Trinajstić information content (AvgIpc) is 2.87. The van der Waals surface area contributed by atoms with E-state index >= 15 is 0 Å². The van der Waals surface area contributed by atoms with Crippen LogP contribution in [0.25, 0.3) is 10.9 Å². The van der Waals surface area contributed by atoms with E-state index in [4.69, 9.17) is 4.74 Å². The van der Waals surface area contributed by atoms with Gasteiger partial charge >= 0.3 is 5.97 Å². The molecular weight excluding hydrogens is 264 g/mol. The monoisotopic (exact) mass is 286 g/mol. The number of hydrogen-bond donors (Lipinski definition) is 1. The summed E-state index contributed by atoms with van der Waals surface area (Å²) in [7, 11) is 2.08. The summed E-state index contributed by atoms with van der Waals surface area (Å²) in [6.07, 6.45) is 5.28. The van der Waals surface area contributed by atoms with E-state index in [0.717, 1.165) is 25.0 Å². The first-order valence-corrected chi connectivity index (χ1v) is 7.24. The maximum Gasteiger partial charge on any atom is 0.310 e. The molecule has 0 saturated carbocycles. The van der Waals surface area contributed by atoms with Gasteiger partial charge in [0.2, 0.25) is 0 Å². The molecule has 2 aromatic rings. The topological polar surface area (TPSA) is 45.3 Å². The van der Waals surface area contributed by atoms with Crippen molar-refractivity contribution in [3.8, 4) is 5.75 Å². The zero-order chi connectivity index (χ0) is 15.2. The molecule has 0 aliphatic rings. The highest BCUT2D eigenvalue weighted by Gasteiger charge is 2.08. The molecule has 0 spiro atoms. The van der Waals surface area contributed by atoms with Gasteiger partial charge in [-0.2, -0.15) is 0 Å². The summed E-state index contributed by atoms with van der Waals surface area (Å²) >= 11 is 0. The largest absolute Gasteiger partial charge is 0.426 e. The van der Waals surface area contributed by atoms with Gasteiger partial charge in [-0.1, -0.05) is 13.0 Å². The Morgan fingerprint density at radius 2 is 2.29 bits per heavy atom. The highest BCUT2D eigenvalue weighted by atomic mass is 16.5. The summed E-state index contributed by atoms with van der Waals surface area (Å²) in [6.45, 7) is 7.40. The predicted octanol–water partition coefficient (Wildman–Crippen LogP) is 3.14. The molecule has 0 bridgehead atoms. The second-order valence-corrected chi connectivity index (χ2v) is 5.15. The van der Waals surface area contributed by atoms with E-state index in [0.29, 0.717) is 12.2 Å². The Morgan fingerprint density at radius 1 is 1.48 bits per heavy atom. The standard InChI is InChI=1S/C17H22N2O2/c1-4-9-19(3)10-8-13-12-18-16-11-14(6-7-15(13)16)21-17(20)5-2/h4,6-7,11-12,18H,1,5,8-10H2,2-3H3. The van der Waals surface area contributed by atoms with Gasteiger partial charge in [-0.25, -0.2) is 0 Å². The first-order valence-electron chi connectivity index (χ1n) is 7.24. The highest BCUT2D eigenvalue weighted by Crippen LogP contribution is 2.24. The van der Waals surface area contributed by atoms with Crippen LogP contribution in [0.2, 0.25) is 0 Å². The van der Waals surface area contributed by atoms with Gasteiger partial charge in [0.15, 0.2) is 0 Å². The highest BCUT2D eigenvalue weighted by molar-refractivity contribution is 5.85. The summed E-state index contributed by atoms with van der Waals surface area (Å²) in [5, 5.41) is 1.18. The number of carbonyl (C=O) groups is 1. The number of likely N-dealkylation sites (N-methyl/N-ethyl adjacent to an activating group) is 1. The van der Waals surface area contributed by atoms with Crippen LogP contribution in [0.15, 0.2) is 37.1 Å². The number of fused-ring (bicyclic) bond motifs is 1. The first kappa shape index (κ1) is 15.3. The van der Waals surface area contributed by atoms with Crippen LogP contribution in [0.3, 0.4) is 0 Å². The molecule has 112 valence electrons. The fourth-order valence-electron chi connectivity index (χ4n) is 2.26. The molecule has 0 atom stereocenters. The molecule has 0 aliphatic heterocycles. The van der Waals surface area contributed by atoms with Gasteiger partial charge in [-0.15, -0.1) is 6.58 Å². The lowest BCUT2D eigenvalue weighted by Gasteiger charge is -2.13. The van der Waals surface area contributed by atoms with Crippen molar-refractivity contribution in [1.82, 2.24) is 9.88 Å². The van der Waals surface area contributed by atoms with Crippen LogP contribution in [0.1, 0.15) is 18.9 Å². The van der Waals surface area contributed by atoms with Gasteiger partial charge < -0.3 is 14.6 Å². The van der Waals surface area contributed by atoms with E-state index in [9.17, 15) is 4.79 Å². The molecule has 0 radical (unpaired) electrons. The van der Waals surface area contributed by atoms with Crippen molar-refractivity contribution in [2.24, 2.45) is 0 Å². The molecule has 0 unspecified atom stereocenters. The van der Waals surface area contributed by atoms with E-state index in [1.807, 2.05) is 30.5 Å². The maximum atomic E-state index is 11.3. The van der Waals surface area contributed by atoms with Crippen molar-refractivity contribution in [1.29, 1.82) is 0 Å². The van der Waals surface area contributed by atoms with Crippen molar-refractivity contribution < 1.29 is 9.53 Å². The number of nitrogens with zero attached hydrogens (tertiary/aromatic N) is 1. The van der Waals surface area contributed by atoms with Crippen molar-refractivity contribution in [3.05, 3.63) is 42.6 Å². The zero-order valence-electron chi connectivity index (χ0n) is 12.7. The van der Waals surface area contributed by atoms with Gasteiger partial charge in [0.1, 0.15) is 5.75 Å². The molecule has 1 heterocycles. The Bertz CT molecular complexity index is 631. The third-order valence-corrected chi connectivity index (χ3v) is 3.46. The molecule has 1 N–H and O–H groups in total. The van der Waals surface area contributed by atoms with E-state index in [1.54, 1.807) is 6.92 Å². The molecule has 4 nitrogen and oxygen atoms in total. The summed E-state index contributed by atoms with van der Waals surface area (Å²) in [5.41, 5.74) is 2.27. The smallest absolute Gasteiger partial charge is 0.310 e. The lowest BCUT2D eigenvalue weighted by atomic mass is 10.1. The number of hydrogen-bond acceptors (Lipinski definition) is 3. The predicted molar refractivity (Wildman–Crippen MR) is 85.6 cm³/mol. The van der Waals surface area contributed by atoms with Crippen LogP contribution in [0.5, 0.6) is 5.75 Å². The van der Waals surface area contributed by atoms with Crippen molar-refractivity contribution >= 4 is 16.9 Å². The van der Waals surface area contributed by atoms with Crippen molar-refractivity contribution in [3.63, 3.8) is 0 Å². The van der Waals surface area contributed by atoms with Gasteiger partial charge in [0, 0.05) is 42.7 Å². The molecule has 0 aliphatic carbocycles. The summed E-state index contributed by atoms with van der Waals surface area (Å²) in [6, 6.07) is 5.73. The fourth-order valence-corrected chi connectivity index (χ4v) is 2.26. The molecule has 21 heavy (non-hydrogen) atoms. The Hall–Kier alpha value is -2.07. The number of aromatic amines is 1. The third kappa shape index (κ3) is 3.95. The number of rotatable bonds is 7. The van der Waals surface area contributed by atoms with Crippen LogP contribution in [0.4, 0.5) is 0 Å². The molecule has 1 aromatic heterocycles. The van der Waals surface area contributed by atoms with E-state index in [1.165, 1.54) is 10.9 Å². The SMILES string of the molecule is C=CCN(C)CCc1c[nH]c2cc(OC(=O)CC)ccc12. The van der Waals surface area contributed by atoms with Crippen LogP contribution in [0, 0.1) is 0 Å². The Kier molecular flexibility index (Phi) is 5.17. The second-order valence-electron chi connectivity index (χ2n) is 5.15. The minimum Gasteiger partial charge on any atom is -0.426 e. The Morgan fingerprint density at radius 3 is 3.00 bits per heavy atom. The minimum absolute atomic E-state index is 0.216. The molecule has 2 rings (SSSR count). The fraction of sp³-hybridized carbons (Fsp3) is 0.353. The first-order chi connectivity index (χ1) is 10.1. The lowest BCUT2D eigenvalue weighted by molar-refractivity contribution is -0.134. The van der Waals surface area contributed by atoms with Gasteiger partial charge in [0.05, 0.1) is 0 Å². The number of esters is 1. The normalized spacial score (nSPS) is 11.0. The van der Waals surface area contributed by atoms with Crippen LogP contribution in [-0.2, 0) is 11.2 Å². The zero-order valence-corrected chi connectivity index (χ0v) is 12.7. The number of benzene rings is 1. The van der Waals surface area contributed by atoms with E-state index in [2.05, 4.69) is 23.5 Å². The van der Waals surface area contributed by atoms with Crippen molar-refractivity contribution in [2.75, 3.05) is 20.1 Å². The van der Waals surface area contributed by atoms with E-state index < -0.39 is 0 Å². The van der Waals surface area contributed by atoms with Crippen LogP contribution >= 0.6 is 0 Å². The van der Waals surface area contributed by atoms with Crippen LogP contribution in [-0.4, -0.2) is 36.0 Å². The summed E-state index contributed by atoms with van der Waals surface area (Å²) in [5.74, 6) is 0.374. The maximum absolute atomic E-state index is 11.3. The quantitative estimate of drug-likeness (QED) is 0.483. The summed E-state index contributed by atoms with van der Waals surface area (Å²) < 4.78 is 5.23. The molecule has 4 heteroatoms. The second kappa shape index (κ2) is 7.09. The minimum atomic E-state index is -0.216. The van der Waals surface area contributed by atoms with Crippen molar-refractivity contribution in [2.45, 2.75) is 19.8 Å². The average molecular weight is 286 g/mol. The Labute approximate surface area is 125 Å². The molecule has 0 fully saturated rings. The number of ether oxygens (including phenoxy) is 1. The lowest BCUT2D eigenvalue weighted by Crippen LogP contribution is -2.20. The molecule has 0 amide bonds. The number of H-pyrrole nitrogens is 1. The number of aromatic nitrogens is 1. The van der Waals surface area contributed by atoms with Gasteiger partial charge in [-0.3, -0.25) is 4.79 Å². The Balaban J connectivity index is 2.09. The van der Waals surface area contributed by atoms with Gasteiger partial charge in [0.25, 0.3) is 0 Å². The van der Waals surface area contributed by atoms with Gasteiger partial charge in [-0.05, 0) is 31.2 Å². The third-order valence-electron chi connectivity index (χ3n) is 3.46. The van der Waals surface area contributed by atoms with E-state index in [-0.39, 0.29) is 5.97 Å². The van der Waals surface area contributed by atoms with Crippen LogP contribution < -0.4 is 4.74 Å².